The van der Waals surface area contributed by atoms with Gasteiger partial charge in [-0.1, -0.05) is 12.1 Å². The number of nitrogens with one attached hydrogen (secondary N) is 2. The quantitative estimate of drug-likeness (QED) is 0.875. The van der Waals surface area contributed by atoms with Crippen molar-refractivity contribution in [2.45, 2.75) is 18.9 Å². The minimum Gasteiger partial charge on any atom is -0.473 e. The average Bonchev–Trinajstić information content (AvgIpc) is 2.97. The van der Waals surface area contributed by atoms with Gasteiger partial charge in [-0.25, -0.2) is 9.97 Å². The van der Waals surface area contributed by atoms with Crippen LogP contribution in [0.2, 0.25) is 0 Å². The summed E-state index contributed by atoms with van der Waals surface area (Å²) >= 11 is 0. The number of rotatable bonds is 4. The molecule has 5 nitrogen and oxygen atoms in total. The standard InChI is InChI=1S/C14H18N4O/c1-15-13-14(19-9-10-5-4-8-16-10)18-12-7-3-2-6-11(12)17-13/h2-3,6-7,10,16H,4-5,8-9H2,1H3,(H,15,17). The number of hydrogen-bond donors (Lipinski definition) is 2. The molecule has 0 spiro atoms. The Balaban J connectivity index is 1.83. The van der Waals surface area contributed by atoms with Gasteiger partial charge in [-0.3, -0.25) is 0 Å². The molecule has 100 valence electrons. The lowest BCUT2D eigenvalue weighted by Crippen LogP contribution is -2.28. The van der Waals surface area contributed by atoms with Crippen LogP contribution in [0.15, 0.2) is 24.3 Å². The largest absolute Gasteiger partial charge is 0.473 e. The number of aromatic nitrogens is 2. The van der Waals surface area contributed by atoms with E-state index >= 15 is 0 Å². The summed E-state index contributed by atoms with van der Waals surface area (Å²) < 4.78 is 5.82. The highest BCUT2D eigenvalue weighted by Gasteiger charge is 2.16. The molecular formula is C14H18N4O. The summed E-state index contributed by atoms with van der Waals surface area (Å²) in [5, 5.41) is 6.45. The predicted octanol–water partition coefficient (Wildman–Crippen LogP) is 1.80. The third-order valence-electron chi connectivity index (χ3n) is 3.36. The zero-order valence-electron chi connectivity index (χ0n) is 11.0. The number of anilines is 1. The third-order valence-corrected chi connectivity index (χ3v) is 3.36. The van der Waals surface area contributed by atoms with Gasteiger partial charge >= 0.3 is 0 Å². The van der Waals surface area contributed by atoms with Crippen molar-refractivity contribution in [3.05, 3.63) is 24.3 Å². The van der Waals surface area contributed by atoms with Crippen molar-refractivity contribution in [1.82, 2.24) is 15.3 Å². The Bertz CT molecular complexity index is 566. The molecular weight excluding hydrogens is 240 g/mol. The Morgan fingerprint density at radius 2 is 2.11 bits per heavy atom. The summed E-state index contributed by atoms with van der Waals surface area (Å²) in [6.07, 6.45) is 2.38. The van der Waals surface area contributed by atoms with Crippen molar-refractivity contribution in [3.63, 3.8) is 0 Å². The van der Waals surface area contributed by atoms with Gasteiger partial charge in [0.2, 0.25) is 0 Å². The Labute approximate surface area is 112 Å². The second kappa shape index (κ2) is 5.40. The predicted molar refractivity (Wildman–Crippen MR) is 75.6 cm³/mol. The molecule has 2 heterocycles. The molecule has 1 aliphatic heterocycles. The maximum absolute atomic E-state index is 5.82. The van der Waals surface area contributed by atoms with Crippen LogP contribution in [-0.2, 0) is 0 Å². The molecule has 1 fully saturated rings. The fourth-order valence-corrected chi connectivity index (χ4v) is 2.33. The molecule has 1 aliphatic rings. The smallest absolute Gasteiger partial charge is 0.258 e. The maximum atomic E-state index is 5.82. The fraction of sp³-hybridized carbons (Fsp3) is 0.429. The van der Waals surface area contributed by atoms with Gasteiger partial charge in [-0.2, -0.15) is 0 Å². The molecule has 0 radical (unpaired) electrons. The van der Waals surface area contributed by atoms with Crippen molar-refractivity contribution in [3.8, 4) is 5.88 Å². The van der Waals surface area contributed by atoms with E-state index < -0.39 is 0 Å². The molecule has 0 amide bonds. The van der Waals surface area contributed by atoms with Gasteiger partial charge in [0, 0.05) is 13.1 Å². The molecule has 0 bridgehead atoms. The topological polar surface area (TPSA) is 59.1 Å². The molecule has 3 rings (SSSR count). The average molecular weight is 258 g/mol. The van der Waals surface area contributed by atoms with Crippen LogP contribution in [0.25, 0.3) is 11.0 Å². The SMILES string of the molecule is CNc1nc2ccccc2nc1OCC1CCCN1. The van der Waals surface area contributed by atoms with Crippen molar-refractivity contribution in [2.75, 3.05) is 25.5 Å². The summed E-state index contributed by atoms with van der Waals surface area (Å²) in [7, 11) is 1.83. The van der Waals surface area contributed by atoms with Gasteiger partial charge in [0.05, 0.1) is 11.0 Å². The zero-order chi connectivity index (χ0) is 13.1. The van der Waals surface area contributed by atoms with E-state index in [1.165, 1.54) is 6.42 Å². The van der Waals surface area contributed by atoms with Gasteiger partial charge in [0.25, 0.3) is 5.88 Å². The summed E-state index contributed by atoms with van der Waals surface area (Å²) in [6.45, 7) is 1.72. The van der Waals surface area contributed by atoms with E-state index in [4.69, 9.17) is 4.74 Å². The monoisotopic (exact) mass is 258 g/mol. The van der Waals surface area contributed by atoms with Gasteiger partial charge in [0.1, 0.15) is 6.61 Å². The third kappa shape index (κ3) is 2.61. The Morgan fingerprint density at radius 3 is 2.79 bits per heavy atom. The molecule has 2 aromatic rings. The van der Waals surface area contributed by atoms with Crippen molar-refractivity contribution in [2.24, 2.45) is 0 Å². The van der Waals surface area contributed by atoms with Crippen LogP contribution in [0.3, 0.4) is 0 Å². The Hall–Kier alpha value is -1.88. The lowest BCUT2D eigenvalue weighted by Gasteiger charge is -2.14. The van der Waals surface area contributed by atoms with Crippen molar-refractivity contribution in [1.29, 1.82) is 0 Å². The number of ether oxygens (including phenoxy) is 1. The van der Waals surface area contributed by atoms with Gasteiger partial charge in [-0.15, -0.1) is 0 Å². The first-order chi connectivity index (χ1) is 9.36. The van der Waals surface area contributed by atoms with E-state index in [-0.39, 0.29) is 0 Å². The Kier molecular flexibility index (Phi) is 3.46. The molecule has 0 aliphatic carbocycles. The van der Waals surface area contributed by atoms with E-state index in [1.54, 1.807) is 0 Å². The Morgan fingerprint density at radius 1 is 1.32 bits per heavy atom. The number of nitrogens with zero attached hydrogens (tertiary/aromatic N) is 2. The molecule has 1 saturated heterocycles. The molecule has 0 saturated carbocycles. The van der Waals surface area contributed by atoms with E-state index in [2.05, 4.69) is 20.6 Å². The number of hydrogen-bond acceptors (Lipinski definition) is 5. The van der Waals surface area contributed by atoms with Crippen molar-refractivity contribution >= 4 is 16.9 Å². The highest BCUT2D eigenvalue weighted by Crippen LogP contribution is 2.23. The van der Waals surface area contributed by atoms with Crippen molar-refractivity contribution < 1.29 is 4.74 Å². The summed E-state index contributed by atoms with van der Waals surface area (Å²) in [6, 6.07) is 8.24. The van der Waals surface area contributed by atoms with Crippen LogP contribution in [0.4, 0.5) is 5.82 Å². The second-order valence-electron chi connectivity index (χ2n) is 4.72. The highest BCUT2D eigenvalue weighted by molar-refractivity contribution is 5.77. The lowest BCUT2D eigenvalue weighted by molar-refractivity contribution is 0.269. The van der Waals surface area contributed by atoms with Crippen LogP contribution in [0, 0.1) is 0 Å². The minimum atomic E-state index is 0.429. The zero-order valence-corrected chi connectivity index (χ0v) is 11.0. The second-order valence-corrected chi connectivity index (χ2v) is 4.72. The molecule has 1 atom stereocenters. The van der Waals surface area contributed by atoms with E-state index in [1.807, 2.05) is 31.3 Å². The van der Waals surface area contributed by atoms with Crippen LogP contribution in [0.5, 0.6) is 5.88 Å². The molecule has 19 heavy (non-hydrogen) atoms. The van der Waals surface area contributed by atoms with Crippen LogP contribution in [0.1, 0.15) is 12.8 Å². The first-order valence-electron chi connectivity index (χ1n) is 6.67. The molecule has 1 unspecified atom stereocenters. The molecule has 1 aromatic carbocycles. The summed E-state index contributed by atoms with van der Waals surface area (Å²) in [4.78, 5) is 9.05. The van der Waals surface area contributed by atoms with Crippen LogP contribution < -0.4 is 15.4 Å². The normalized spacial score (nSPS) is 18.7. The number of benzene rings is 1. The van der Waals surface area contributed by atoms with Gasteiger partial charge < -0.3 is 15.4 Å². The fourth-order valence-electron chi connectivity index (χ4n) is 2.33. The highest BCUT2D eigenvalue weighted by atomic mass is 16.5. The molecule has 2 N–H and O–H groups in total. The van der Waals surface area contributed by atoms with Gasteiger partial charge in [-0.05, 0) is 31.5 Å². The van der Waals surface area contributed by atoms with E-state index in [0.717, 1.165) is 24.0 Å². The van der Waals surface area contributed by atoms with E-state index in [9.17, 15) is 0 Å². The van der Waals surface area contributed by atoms with Gasteiger partial charge in [0.15, 0.2) is 5.82 Å². The van der Waals surface area contributed by atoms with Crippen LogP contribution >= 0.6 is 0 Å². The first kappa shape index (κ1) is 12.2. The number of fused-ring (bicyclic) bond motifs is 1. The minimum absolute atomic E-state index is 0.429. The van der Waals surface area contributed by atoms with E-state index in [0.29, 0.717) is 24.3 Å². The molecule has 5 heteroatoms. The maximum Gasteiger partial charge on any atom is 0.258 e. The molecule has 1 aromatic heterocycles. The van der Waals surface area contributed by atoms with Crippen LogP contribution in [-0.4, -0.2) is 36.2 Å². The summed E-state index contributed by atoms with van der Waals surface area (Å²) in [5.41, 5.74) is 1.73. The lowest BCUT2D eigenvalue weighted by atomic mass is 10.2. The summed E-state index contributed by atoms with van der Waals surface area (Å²) in [5.74, 6) is 1.27. The first-order valence-corrected chi connectivity index (χ1v) is 6.67. The number of para-hydroxylation sites is 2.